The first kappa shape index (κ1) is 9.25. The molecule has 1 aliphatic heterocycles. The molecule has 2 aromatic rings. The second-order valence-electron chi connectivity index (χ2n) is 4.32. The smallest absolute Gasteiger partial charge is 0.0647 e. The third kappa shape index (κ3) is 1.36. The number of benzene rings is 1. The van der Waals surface area contributed by atoms with E-state index in [1.807, 2.05) is 12.1 Å². The van der Waals surface area contributed by atoms with Crippen molar-refractivity contribution in [2.75, 3.05) is 20.1 Å². The van der Waals surface area contributed by atoms with Crippen LogP contribution in [0.5, 0.6) is 0 Å². The van der Waals surface area contributed by atoms with E-state index in [2.05, 4.69) is 29.2 Å². The van der Waals surface area contributed by atoms with E-state index >= 15 is 0 Å². The number of aromatic nitrogens is 1. The van der Waals surface area contributed by atoms with E-state index in [1.165, 1.54) is 10.9 Å². The van der Waals surface area contributed by atoms with Crippen LogP contribution in [0.25, 0.3) is 10.9 Å². The lowest BCUT2D eigenvalue weighted by atomic mass is 9.92. The van der Waals surface area contributed by atoms with Gasteiger partial charge in [-0.3, -0.25) is 0 Å². The molecular formula is C12H13ClN2. The zero-order chi connectivity index (χ0) is 10.4. The van der Waals surface area contributed by atoms with Gasteiger partial charge in [0.2, 0.25) is 0 Å². The first-order valence-corrected chi connectivity index (χ1v) is 5.57. The van der Waals surface area contributed by atoms with E-state index < -0.39 is 0 Å². The highest BCUT2D eigenvalue weighted by atomic mass is 35.5. The van der Waals surface area contributed by atoms with Gasteiger partial charge in [0, 0.05) is 30.6 Å². The summed E-state index contributed by atoms with van der Waals surface area (Å²) >= 11 is 6.12. The summed E-state index contributed by atoms with van der Waals surface area (Å²) in [5.74, 6) is 0.669. The number of nitrogens with zero attached hydrogens (tertiary/aromatic N) is 1. The normalized spacial score (nSPS) is 18.3. The number of hydrogen-bond acceptors (Lipinski definition) is 1. The number of likely N-dealkylation sites (tertiary alicyclic amines) is 1. The second kappa shape index (κ2) is 3.26. The molecule has 1 aromatic carbocycles. The molecule has 2 nitrogen and oxygen atoms in total. The van der Waals surface area contributed by atoms with Gasteiger partial charge in [0.25, 0.3) is 0 Å². The van der Waals surface area contributed by atoms with E-state index in [0.717, 1.165) is 23.6 Å². The molecule has 2 heterocycles. The van der Waals surface area contributed by atoms with Crippen molar-refractivity contribution >= 4 is 22.5 Å². The van der Waals surface area contributed by atoms with Crippen LogP contribution in [0.2, 0.25) is 5.02 Å². The van der Waals surface area contributed by atoms with Crippen molar-refractivity contribution in [3.63, 3.8) is 0 Å². The maximum atomic E-state index is 6.12. The van der Waals surface area contributed by atoms with Crippen LogP contribution in [0.3, 0.4) is 0 Å². The van der Waals surface area contributed by atoms with Gasteiger partial charge in [0.05, 0.1) is 10.5 Å². The Balaban J connectivity index is 2.09. The van der Waals surface area contributed by atoms with Gasteiger partial charge in [-0.2, -0.15) is 0 Å². The fourth-order valence-corrected chi connectivity index (χ4v) is 2.60. The van der Waals surface area contributed by atoms with Crippen LogP contribution in [0.15, 0.2) is 24.4 Å². The van der Waals surface area contributed by atoms with Gasteiger partial charge in [-0.1, -0.05) is 23.7 Å². The molecule has 1 aliphatic rings. The van der Waals surface area contributed by atoms with Crippen molar-refractivity contribution in [2.24, 2.45) is 0 Å². The highest BCUT2D eigenvalue weighted by Gasteiger charge is 2.26. The topological polar surface area (TPSA) is 19.0 Å². The molecule has 3 rings (SSSR count). The standard InChI is InChI=1S/C12H13ClN2/c1-15-6-8(7-15)10-5-14-12-9(10)3-2-4-11(12)13/h2-5,8,14H,6-7H2,1H3. The summed E-state index contributed by atoms with van der Waals surface area (Å²) in [6.07, 6.45) is 2.11. The monoisotopic (exact) mass is 220 g/mol. The van der Waals surface area contributed by atoms with Crippen molar-refractivity contribution in [1.82, 2.24) is 9.88 Å². The first-order chi connectivity index (χ1) is 7.25. The van der Waals surface area contributed by atoms with Gasteiger partial charge in [0.1, 0.15) is 0 Å². The first-order valence-electron chi connectivity index (χ1n) is 5.20. The lowest BCUT2D eigenvalue weighted by Crippen LogP contribution is -2.41. The molecule has 78 valence electrons. The van der Waals surface area contributed by atoms with Gasteiger partial charge in [0.15, 0.2) is 0 Å². The summed E-state index contributed by atoms with van der Waals surface area (Å²) < 4.78 is 0. The molecular weight excluding hydrogens is 208 g/mol. The molecule has 0 bridgehead atoms. The number of H-pyrrole nitrogens is 1. The summed E-state index contributed by atoms with van der Waals surface area (Å²) in [5, 5.41) is 2.09. The minimum Gasteiger partial charge on any atom is -0.360 e. The maximum Gasteiger partial charge on any atom is 0.0647 e. The SMILES string of the molecule is CN1CC(c2c[nH]c3c(Cl)cccc23)C1. The number of rotatable bonds is 1. The van der Waals surface area contributed by atoms with E-state index in [-0.39, 0.29) is 0 Å². The minimum absolute atomic E-state index is 0.669. The quantitative estimate of drug-likeness (QED) is 0.783. The second-order valence-corrected chi connectivity index (χ2v) is 4.73. The molecule has 0 spiro atoms. The predicted octanol–water partition coefficient (Wildman–Crippen LogP) is 2.85. The number of likely N-dealkylation sites (N-methyl/N-ethyl adjacent to an activating group) is 1. The van der Waals surface area contributed by atoms with Gasteiger partial charge in [-0.05, 0) is 18.7 Å². The average molecular weight is 221 g/mol. The molecule has 0 amide bonds. The minimum atomic E-state index is 0.669. The van der Waals surface area contributed by atoms with Gasteiger partial charge < -0.3 is 9.88 Å². The Bertz CT molecular complexity index is 497. The maximum absolute atomic E-state index is 6.12. The Morgan fingerprint density at radius 3 is 2.93 bits per heavy atom. The summed E-state index contributed by atoms with van der Waals surface area (Å²) in [6, 6.07) is 6.09. The summed E-state index contributed by atoms with van der Waals surface area (Å²) in [6.45, 7) is 2.30. The van der Waals surface area contributed by atoms with Crippen LogP contribution in [0.1, 0.15) is 11.5 Å². The summed E-state index contributed by atoms with van der Waals surface area (Å²) in [7, 11) is 2.15. The van der Waals surface area contributed by atoms with Crippen LogP contribution in [-0.2, 0) is 0 Å². The molecule has 0 radical (unpaired) electrons. The average Bonchev–Trinajstić information content (AvgIpc) is 2.58. The number of para-hydroxylation sites is 1. The van der Waals surface area contributed by atoms with Crippen LogP contribution in [0.4, 0.5) is 0 Å². The number of aromatic amines is 1. The predicted molar refractivity (Wildman–Crippen MR) is 63.5 cm³/mol. The Hall–Kier alpha value is -0.990. The fourth-order valence-electron chi connectivity index (χ4n) is 2.37. The molecule has 1 fully saturated rings. The number of fused-ring (bicyclic) bond motifs is 1. The van der Waals surface area contributed by atoms with Gasteiger partial charge in [-0.25, -0.2) is 0 Å². The van der Waals surface area contributed by atoms with Crippen molar-refractivity contribution in [3.8, 4) is 0 Å². The Kier molecular flexibility index (Phi) is 2.01. The molecule has 0 unspecified atom stereocenters. The van der Waals surface area contributed by atoms with Crippen LogP contribution >= 0.6 is 11.6 Å². The van der Waals surface area contributed by atoms with Gasteiger partial charge >= 0.3 is 0 Å². The lowest BCUT2D eigenvalue weighted by Gasteiger charge is -2.36. The van der Waals surface area contributed by atoms with E-state index in [4.69, 9.17) is 11.6 Å². The molecule has 1 N–H and O–H groups in total. The molecule has 0 saturated carbocycles. The van der Waals surface area contributed by atoms with Gasteiger partial charge in [-0.15, -0.1) is 0 Å². The molecule has 3 heteroatoms. The highest BCUT2D eigenvalue weighted by Crippen LogP contribution is 2.33. The Labute approximate surface area is 93.8 Å². The van der Waals surface area contributed by atoms with E-state index in [9.17, 15) is 0 Å². The van der Waals surface area contributed by atoms with Crippen LogP contribution in [-0.4, -0.2) is 30.0 Å². The van der Waals surface area contributed by atoms with E-state index in [1.54, 1.807) is 0 Å². The van der Waals surface area contributed by atoms with Crippen LogP contribution < -0.4 is 0 Å². The molecule has 1 saturated heterocycles. The Morgan fingerprint density at radius 2 is 2.20 bits per heavy atom. The number of hydrogen-bond donors (Lipinski definition) is 1. The third-order valence-corrected chi connectivity index (χ3v) is 3.52. The molecule has 0 atom stereocenters. The van der Waals surface area contributed by atoms with E-state index in [0.29, 0.717) is 5.92 Å². The van der Waals surface area contributed by atoms with Crippen molar-refractivity contribution in [3.05, 3.63) is 35.0 Å². The van der Waals surface area contributed by atoms with Crippen molar-refractivity contribution in [1.29, 1.82) is 0 Å². The third-order valence-electron chi connectivity index (χ3n) is 3.20. The number of halogens is 1. The fraction of sp³-hybridized carbons (Fsp3) is 0.333. The summed E-state index contributed by atoms with van der Waals surface area (Å²) in [5.41, 5.74) is 2.48. The Morgan fingerprint density at radius 1 is 1.40 bits per heavy atom. The number of nitrogens with one attached hydrogen (secondary N) is 1. The molecule has 15 heavy (non-hydrogen) atoms. The largest absolute Gasteiger partial charge is 0.360 e. The van der Waals surface area contributed by atoms with Crippen molar-refractivity contribution in [2.45, 2.75) is 5.92 Å². The lowest BCUT2D eigenvalue weighted by molar-refractivity contribution is 0.190. The van der Waals surface area contributed by atoms with Crippen LogP contribution in [0, 0.1) is 0 Å². The molecule has 1 aromatic heterocycles. The highest BCUT2D eigenvalue weighted by molar-refractivity contribution is 6.35. The summed E-state index contributed by atoms with van der Waals surface area (Å²) in [4.78, 5) is 5.60. The zero-order valence-electron chi connectivity index (χ0n) is 8.63. The zero-order valence-corrected chi connectivity index (χ0v) is 9.38. The molecule has 0 aliphatic carbocycles. The van der Waals surface area contributed by atoms with Crippen molar-refractivity contribution < 1.29 is 0 Å².